The van der Waals surface area contributed by atoms with Crippen molar-refractivity contribution in [3.63, 3.8) is 0 Å². The molecule has 2 fully saturated rings. The van der Waals surface area contributed by atoms with Crippen molar-refractivity contribution in [2.45, 2.75) is 18.9 Å². The number of hydrogen-bond acceptors (Lipinski definition) is 3. The summed E-state index contributed by atoms with van der Waals surface area (Å²) in [6, 6.07) is 5.94. The van der Waals surface area contributed by atoms with Gasteiger partial charge < -0.3 is 9.80 Å². The van der Waals surface area contributed by atoms with Crippen LogP contribution in [0.1, 0.15) is 24.4 Å². The number of hydrogen-bond donors (Lipinski definition) is 0. The smallest absolute Gasteiger partial charge is 0.228 e. The lowest BCUT2D eigenvalue weighted by Crippen LogP contribution is -2.49. The lowest BCUT2D eigenvalue weighted by Gasteiger charge is -2.41. The van der Waals surface area contributed by atoms with E-state index >= 15 is 0 Å². The molecule has 0 N–H and O–H groups in total. The summed E-state index contributed by atoms with van der Waals surface area (Å²) in [6.07, 6.45) is 0.838. The van der Waals surface area contributed by atoms with Gasteiger partial charge in [0.15, 0.2) is 0 Å². The molecule has 4 nitrogen and oxygen atoms in total. The predicted octanol–water partition coefficient (Wildman–Crippen LogP) is 2.31. The van der Waals surface area contributed by atoms with Gasteiger partial charge in [-0.25, -0.2) is 4.39 Å². The van der Waals surface area contributed by atoms with Crippen LogP contribution in [0.3, 0.4) is 0 Å². The highest BCUT2D eigenvalue weighted by Crippen LogP contribution is 2.38. The largest absolute Gasteiger partial charge is 0.341 e. The Labute approximate surface area is 140 Å². The molecule has 0 aromatic heterocycles. The van der Waals surface area contributed by atoms with Crippen LogP contribution in [0.15, 0.2) is 24.3 Å². The fourth-order valence-corrected chi connectivity index (χ4v) is 4.36. The first-order valence-electron chi connectivity index (χ1n) is 7.96. The quantitative estimate of drug-likeness (QED) is 0.832. The van der Waals surface area contributed by atoms with E-state index in [1.807, 2.05) is 16.7 Å². The van der Waals surface area contributed by atoms with Gasteiger partial charge in [-0.3, -0.25) is 9.59 Å². The first kappa shape index (κ1) is 16.3. The van der Waals surface area contributed by atoms with Crippen molar-refractivity contribution in [1.29, 1.82) is 0 Å². The van der Waals surface area contributed by atoms with Gasteiger partial charge in [0.1, 0.15) is 5.82 Å². The minimum atomic E-state index is -0.514. The Morgan fingerprint density at radius 1 is 1.26 bits per heavy atom. The molecule has 0 aliphatic carbocycles. The number of likely N-dealkylation sites (tertiary alicyclic amines) is 1. The van der Waals surface area contributed by atoms with Crippen molar-refractivity contribution in [1.82, 2.24) is 9.80 Å². The van der Waals surface area contributed by atoms with Gasteiger partial charge in [-0.1, -0.05) is 18.2 Å². The minimum absolute atomic E-state index is 0.0310. The molecule has 0 saturated carbocycles. The van der Waals surface area contributed by atoms with Crippen LogP contribution in [0.25, 0.3) is 0 Å². The molecule has 23 heavy (non-hydrogen) atoms. The molecule has 3 rings (SSSR count). The average molecular weight is 336 g/mol. The van der Waals surface area contributed by atoms with E-state index in [1.165, 1.54) is 6.07 Å². The van der Waals surface area contributed by atoms with Gasteiger partial charge in [0.2, 0.25) is 11.8 Å². The third-order valence-electron chi connectivity index (χ3n) is 4.72. The van der Waals surface area contributed by atoms with Crippen LogP contribution in [0.5, 0.6) is 0 Å². The van der Waals surface area contributed by atoms with E-state index in [0.29, 0.717) is 18.4 Å². The summed E-state index contributed by atoms with van der Waals surface area (Å²) in [7, 11) is 1.67. The lowest BCUT2D eigenvalue weighted by atomic mass is 9.83. The molecule has 0 bridgehead atoms. The Morgan fingerprint density at radius 2 is 1.96 bits per heavy atom. The Balaban J connectivity index is 1.91. The number of rotatable bonds is 2. The Bertz CT molecular complexity index is 604. The Morgan fingerprint density at radius 3 is 2.65 bits per heavy atom. The van der Waals surface area contributed by atoms with E-state index in [4.69, 9.17) is 0 Å². The van der Waals surface area contributed by atoms with Crippen molar-refractivity contribution in [3.05, 3.63) is 35.6 Å². The number of thioether (sulfide) groups is 1. The van der Waals surface area contributed by atoms with Crippen LogP contribution < -0.4 is 0 Å². The molecule has 1 aromatic rings. The maximum atomic E-state index is 14.3. The average Bonchev–Trinajstić information content (AvgIpc) is 2.58. The highest BCUT2D eigenvalue weighted by molar-refractivity contribution is 7.99. The maximum absolute atomic E-state index is 14.3. The van der Waals surface area contributed by atoms with E-state index in [9.17, 15) is 14.0 Å². The van der Waals surface area contributed by atoms with Crippen molar-refractivity contribution < 1.29 is 14.0 Å². The van der Waals surface area contributed by atoms with Gasteiger partial charge in [-0.2, -0.15) is 11.8 Å². The standard InChI is InChI=1S/C17H21FN2O2S/c1-19-15(21)7-6-13(17(22)20-8-10-23-11-9-20)16(19)12-4-2-3-5-14(12)18/h2-5,13,16H,6-11H2,1H3/t13-,16+/m1/s1. The summed E-state index contributed by atoms with van der Waals surface area (Å²) in [6.45, 7) is 1.48. The molecule has 2 atom stereocenters. The zero-order valence-electron chi connectivity index (χ0n) is 13.2. The topological polar surface area (TPSA) is 40.6 Å². The van der Waals surface area contributed by atoms with Crippen LogP contribution in [-0.2, 0) is 9.59 Å². The summed E-state index contributed by atoms with van der Waals surface area (Å²) in [5, 5.41) is 0. The van der Waals surface area contributed by atoms with E-state index in [-0.39, 0.29) is 23.5 Å². The third kappa shape index (κ3) is 3.22. The molecule has 2 amide bonds. The minimum Gasteiger partial charge on any atom is -0.341 e. The Kier molecular flexibility index (Phi) is 4.90. The summed E-state index contributed by atoms with van der Waals surface area (Å²) < 4.78 is 14.3. The van der Waals surface area contributed by atoms with Crippen molar-refractivity contribution >= 4 is 23.6 Å². The number of piperidine rings is 1. The van der Waals surface area contributed by atoms with Crippen molar-refractivity contribution in [3.8, 4) is 0 Å². The van der Waals surface area contributed by atoms with Gasteiger partial charge in [0, 0.05) is 43.6 Å². The van der Waals surface area contributed by atoms with Crippen LogP contribution in [0, 0.1) is 11.7 Å². The molecular formula is C17H21FN2O2S. The number of carbonyl (C=O) groups excluding carboxylic acids is 2. The molecule has 2 aliphatic heterocycles. The second-order valence-corrected chi connectivity index (χ2v) is 7.28. The van der Waals surface area contributed by atoms with Gasteiger partial charge in [-0.05, 0) is 12.5 Å². The highest BCUT2D eigenvalue weighted by Gasteiger charge is 2.41. The SMILES string of the molecule is CN1C(=O)CC[C@@H](C(=O)N2CCSCC2)[C@@H]1c1ccccc1F. The van der Waals surface area contributed by atoms with E-state index < -0.39 is 6.04 Å². The summed E-state index contributed by atoms with van der Waals surface area (Å²) in [5.74, 6) is 1.19. The molecule has 2 heterocycles. The molecule has 2 aliphatic rings. The fraction of sp³-hybridized carbons (Fsp3) is 0.529. The van der Waals surface area contributed by atoms with Gasteiger partial charge >= 0.3 is 0 Å². The van der Waals surface area contributed by atoms with Crippen molar-refractivity contribution in [2.75, 3.05) is 31.6 Å². The second-order valence-electron chi connectivity index (χ2n) is 6.05. The van der Waals surface area contributed by atoms with Gasteiger partial charge in [-0.15, -0.1) is 0 Å². The lowest BCUT2D eigenvalue weighted by molar-refractivity contribution is -0.146. The Hall–Kier alpha value is -1.56. The molecule has 6 heteroatoms. The van der Waals surface area contributed by atoms with E-state index in [1.54, 1.807) is 30.1 Å². The van der Waals surface area contributed by atoms with E-state index in [0.717, 1.165) is 24.6 Å². The van der Waals surface area contributed by atoms with Crippen LogP contribution in [-0.4, -0.2) is 53.3 Å². The van der Waals surface area contributed by atoms with Crippen LogP contribution in [0.4, 0.5) is 4.39 Å². The molecular weight excluding hydrogens is 315 g/mol. The van der Waals surface area contributed by atoms with Gasteiger partial charge in [0.25, 0.3) is 0 Å². The molecule has 2 saturated heterocycles. The fourth-order valence-electron chi connectivity index (χ4n) is 3.46. The van der Waals surface area contributed by atoms with Crippen molar-refractivity contribution in [2.24, 2.45) is 5.92 Å². The second kappa shape index (κ2) is 6.91. The first-order valence-corrected chi connectivity index (χ1v) is 9.11. The zero-order chi connectivity index (χ0) is 16.4. The number of benzene rings is 1. The molecule has 124 valence electrons. The van der Waals surface area contributed by atoms with E-state index in [2.05, 4.69) is 0 Å². The summed E-state index contributed by atoms with van der Waals surface area (Å²) >= 11 is 1.84. The van der Waals surface area contributed by atoms with Gasteiger partial charge in [0.05, 0.1) is 12.0 Å². The number of nitrogens with zero attached hydrogens (tertiary/aromatic N) is 2. The summed E-state index contributed by atoms with van der Waals surface area (Å²) in [5.41, 5.74) is 0.438. The normalized spacial score (nSPS) is 25.6. The first-order chi connectivity index (χ1) is 11.1. The summed E-state index contributed by atoms with van der Waals surface area (Å²) in [4.78, 5) is 28.5. The molecule has 0 radical (unpaired) electrons. The number of amides is 2. The van der Waals surface area contributed by atoms with Crippen LogP contribution in [0.2, 0.25) is 0 Å². The predicted molar refractivity (Wildman–Crippen MR) is 88.5 cm³/mol. The number of halogens is 1. The molecule has 0 unspecified atom stereocenters. The highest BCUT2D eigenvalue weighted by atomic mass is 32.2. The maximum Gasteiger partial charge on any atom is 0.228 e. The third-order valence-corrected chi connectivity index (χ3v) is 5.67. The molecule has 1 aromatic carbocycles. The number of carbonyl (C=O) groups is 2. The zero-order valence-corrected chi connectivity index (χ0v) is 14.0. The monoisotopic (exact) mass is 336 g/mol. The molecule has 0 spiro atoms. The van der Waals surface area contributed by atoms with Crippen LogP contribution >= 0.6 is 11.8 Å².